The van der Waals surface area contributed by atoms with E-state index in [4.69, 9.17) is 4.74 Å². The molecule has 0 saturated heterocycles. The summed E-state index contributed by atoms with van der Waals surface area (Å²) < 4.78 is 5.06. The molecule has 1 aromatic rings. The molecule has 0 bridgehead atoms. The van der Waals surface area contributed by atoms with E-state index in [9.17, 15) is 4.79 Å². The van der Waals surface area contributed by atoms with Gasteiger partial charge in [-0.3, -0.25) is 9.78 Å². The van der Waals surface area contributed by atoms with Gasteiger partial charge >= 0.3 is 0 Å². The molecule has 0 aromatic carbocycles. The fourth-order valence-electron chi connectivity index (χ4n) is 1.31. The lowest BCUT2D eigenvalue weighted by Crippen LogP contribution is -2.04. The molecule has 3 heteroatoms. The Morgan fingerprint density at radius 3 is 3.00 bits per heavy atom. The Hall–Kier alpha value is -1.38. The van der Waals surface area contributed by atoms with Gasteiger partial charge in [0, 0.05) is 12.1 Å². The molecule has 1 saturated carbocycles. The van der Waals surface area contributed by atoms with Crippen molar-refractivity contribution in [3.05, 3.63) is 24.0 Å². The van der Waals surface area contributed by atoms with Crippen LogP contribution in [0.3, 0.4) is 0 Å². The molecule has 3 nitrogen and oxygen atoms in total. The summed E-state index contributed by atoms with van der Waals surface area (Å²) in [7, 11) is 1.56. The molecule has 1 aliphatic carbocycles. The smallest absolute Gasteiger partial charge is 0.169 e. The van der Waals surface area contributed by atoms with Gasteiger partial charge in [-0.2, -0.15) is 0 Å². The molecule has 13 heavy (non-hydrogen) atoms. The number of ether oxygens (including phenoxy) is 1. The van der Waals surface area contributed by atoms with E-state index in [2.05, 4.69) is 4.98 Å². The molecular formula is C10H11NO2. The maximum Gasteiger partial charge on any atom is 0.169 e. The van der Waals surface area contributed by atoms with Gasteiger partial charge in [0.15, 0.2) is 5.78 Å². The molecule has 0 radical (unpaired) electrons. The molecule has 68 valence electrons. The number of pyridine rings is 1. The van der Waals surface area contributed by atoms with Gasteiger partial charge in [0.1, 0.15) is 5.75 Å². The van der Waals surface area contributed by atoms with Crippen molar-refractivity contribution in [3.63, 3.8) is 0 Å². The Bertz CT molecular complexity index is 331. The summed E-state index contributed by atoms with van der Waals surface area (Å²) in [5, 5.41) is 0. The van der Waals surface area contributed by atoms with Crippen LogP contribution in [0.25, 0.3) is 0 Å². The van der Waals surface area contributed by atoms with Crippen LogP contribution >= 0.6 is 0 Å². The van der Waals surface area contributed by atoms with Crippen LogP contribution in [-0.4, -0.2) is 17.9 Å². The zero-order valence-electron chi connectivity index (χ0n) is 7.49. The first-order valence-electron chi connectivity index (χ1n) is 4.35. The molecule has 0 N–H and O–H groups in total. The summed E-state index contributed by atoms with van der Waals surface area (Å²) in [4.78, 5) is 15.6. The number of carbonyl (C=O) groups excluding carboxylic acids is 1. The van der Waals surface area contributed by atoms with Crippen LogP contribution in [0.5, 0.6) is 5.75 Å². The predicted octanol–water partition coefficient (Wildman–Crippen LogP) is 1.68. The van der Waals surface area contributed by atoms with Crippen molar-refractivity contribution in [1.82, 2.24) is 4.98 Å². The quantitative estimate of drug-likeness (QED) is 0.659. The van der Waals surface area contributed by atoms with Crippen LogP contribution in [0.4, 0.5) is 0 Å². The average Bonchev–Trinajstić information content (AvgIpc) is 3.00. The maximum absolute atomic E-state index is 11.7. The Labute approximate surface area is 76.7 Å². The Balaban J connectivity index is 2.31. The number of nitrogens with zero attached hydrogens (tertiary/aromatic N) is 1. The van der Waals surface area contributed by atoms with Gasteiger partial charge in [0.2, 0.25) is 0 Å². The molecule has 1 aliphatic rings. The summed E-state index contributed by atoms with van der Waals surface area (Å²) >= 11 is 0. The van der Waals surface area contributed by atoms with Crippen LogP contribution in [0, 0.1) is 5.92 Å². The van der Waals surface area contributed by atoms with E-state index in [-0.39, 0.29) is 11.7 Å². The van der Waals surface area contributed by atoms with Crippen molar-refractivity contribution in [1.29, 1.82) is 0 Å². The van der Waals surface area contributed by atoms with Gasteiger partial charge < -0.3 is 4.74 Å². The third-order valence-corrected chi connectivity index (χ3v) is 2.22. The van der Waals surface area contributed by atoms with Gasteiger partial charge in [0.05, 0.1) is 18.9 Å². The third-order valence-electron chi connectivity index (χ3n) is 2.22. The lowest BCUT2D eigenvalue weighted by molar-refractivity contribution is 0.0964. The third kappa shape index (κ3) is 1.54. The molecule has 0 atom stereocenters. The minimum Gasteiger partial charge on any atom is -0.494 e. The molecular weight excluding hydrogens is 166 g/mol. The molecule has 2 rings (SSSR count). The number of Topliss-reactive ketones (excluding diaryl/α,β-unsaturated/α-hetero) is 1. The Morgan fingerprint density at radius 1 is 1.62 bits per heavy atom. The first kappa shape index (κ1) is 8.23. The lowest BCUT2D eigenvalue weighted by Gasteiger charge is -2.04. The highest BCUT2D eigenvalue weighted by Gasteiger charge is 2.31. The summed E-state index contributed by atoms with van der Waals surface area (Å²) in [6.45, 7) is 0. The van der Waals surface area contributed by atoms with Crippen molar-refractivity contribution in [3.8, 4) is 5.75 Å². The molecule has 0 spiro atoms. The van der Waals surface area contributed by atoms with Gasteiger partial charge in [-0.05, 0) is 18.9 Å². The second kappa shape index (κ2) is 3.17. The number of hydrogen-bond donors (Lipinski definition) is 0. The summed E-state index contributed by atoms with van der Waals surface area (Å²) in [6, 6.07) is 1.72. The Kier molecular flexibility index (Phi) is 2.00. The molecule has 0 aliphatic heterocycles. The number of methoxy groups -OCH3 is 1. The second-order valence-corrected chi connectivity index (χ2v) is 3.21. The summed E-state index contributed by atoms with van der Waals surface area (Å²) in [5.41, 5.74) is 0.667. The first-order chi connectivity index (χ1) is 6.33. The van der Waals surface area contributed by atoms with Crippen molar-refractivity contribution in [2.45, 2.75) is 12.8 Å². The number of carbonyl (C=O) groups is 1. The monoisotopic (exact) mass is 177 g/mol. The average molecular weight is 177 g/mol. The summed E-state index contributed by atoms with van der Waals surface area (Å²) in [6.07, 6.45) is 5.24. The largest absolute Gasteiger partial charge is 0.494 e. The van der Waals surface area contributed by atoms with Gasteiger partial charge in [0.25, 0.3) is 0 Å². The highest BCUT2D eigenvalue weighted by atomic mass is 16.5. The molecule has 1 heterocycles. The van der Waals surface area contributed by atoms with Crippen molar-refractivity contribution < 1.29 is 9.53 Å². The van der Waals surface area contributed by atoms with E-state index in [1.165, 1.54) is 0 Å². The SMILES string of the molecule is COc1cnccc1C(=O)C1CC1. The highest BCUT2D eigenvalue weighted by Crippen LogP contribution is 2.34. The predicted molar refractivity (Wildman–Crippen MR) is 47.8 cm³/mol. The van der Waals surface area contributed by atoms with Gasteiger partial charge in [-0.1, -0.05) is 0 Å². The Morgan fingerprint density at radius 2 is 2.38 bits per heavy atom. The standard InChI is InChI=1S/C10H11NO2/c1-13-9-6-11-5-4-8(9)10(12)7-2-3-7/h4-7H,2-3H2,1H3. The fraction of sp³-hybridized carbons (Fsp3) is 0.400. The summed E-state index contributed by atoms with van der Waals surface area (Å²) in [5.74, 6) is 1.01. The number of rotatable bonds is 3. The van der Waals surface area contributed by atoms with Gasteiger partial charge in [-0.15, -0.1) is 0 Å². The zero-order chi connectivity index (χ0) is 9.26. The van der Waals surface area contributed by atoms with E-state index in [0.717, 1.165) is 12.8 Å². The lowest BCUT2D eigenvalue weighted by atomic mass is 10.1. The van der Waals surface area contributed by atoms with Crippen LogP contribution in [0.2, 0.25) is 0 Å². The normalized spacial score (nSPS) is 15.5. The minimum atomic E-state index is 0.194. The molecule has 1 aromatic heterocycles. The van der Waals surface area contributed by atoms with E-state index < -0.39 is 0 Å². The van der Waals surface area contributed by atoms with E-state index >= 15 is 0 Å². The van der Waals surface area contributed by atoms with Crippen LogP contribution in [0.15, 0.2) is 18.5 Å². The number of aromatic nitrogens is 1. The van der Waals surface area contributed by atoms with Crippen molar-refractivity contribution in [2.24, 2.45) is 5.92 Å². The molecule has 0 unspecified atom stereocenters. The van der Waals surface area contributed by atoms with Crippen molar-refractivity contribution in [2.75, 3.05) is 7.11 Å². The highest BCUT2D eigenvalue weighted by molar-refractivity contribution is 6.01. The van der Waals surface area contributed by atoms with Crippen LogP contribution in [0.1, 0.15) is 23.2 Å². The van der Waals surface area contributed by atoms with Crippen LogP contribution < -0.4 is 4.74 Å². The van der Waals surface area contributed by atoms with E-state index in [1.54, 1.807) is 25.6 Å². The van der Waals surface area contributed by atoms with Gasteiger partial charge in [-0.25, -0.2) is 0 Å². The zero-order valence-corrected chi connectivity index (χ0v) is 7.49. The molecule has 1 fully saturated rings. The maximum atomic E-state index is 11.7. The number of ketones is 1. The minimum absolute atomic E-state index is 0.194. The molecule has 0 amide bonds. The first-order valence-corrected chi connectivity index (χ1v) is 4.35. The topological polar surface area (TPSA) is 39.2 Å². The number of hydrogen-bond acceptors (Lipinski definition) is 3. The second-order valence-electron chi connectivity index (χ2n) is 3.21. The van der Waals surface area contributed by atoms with E-state index in [1.807, 2.05) is 0 Å². The van der Waals surface area contributed by atoms with Crippen molar-refractivity contribution >= 4 is 5.78 Å². The van der Waals surface area contributed by atoms with Crippen LogP contribution in [-0.2, 0) is 0 Å². The van der Waals surface area contributed by atoms with E-state index in [0.29, 0.717) is 11.3 Å². The fourth-order valence-corrected chi connectivity index (χ4v) is 1.31.